The van der Waals surface area contributed by atoms with Crippen LogP contribution < -0.4 is 10.2 Å². The molecule has 0 aliphatic carbocycles. The fourth-order valence-corrected chi connectivity index (χ4v) is 4.64. The van der Waals surface area contributed by atoms with E-state index in [1.807, 2.05) is 43.5 Å². The molecule has 152 valence electrons. The van der Waals surface area contributed by atoms with Crippen LogP contribution in [-0.2, 0) is 9.53 Å². The van der Waals surface area contributed by atoms with Gasteiger partial charge in [0.2, 0.25) is 0 Å². The average molecular weight is 414 g/mol. The summed E-state index contributed by atoms with van der Waals surface area (Å²) < 4.78 is 5.91. The highest BCUT2D eigenvalue weighted by molar-refractivity contribution is 6.32. The molecule has 3 atom stereocenters. The van der Waals surface area contributed by atoms with Crippen LogP contribution >= 0.6 is 11.6 Å². The molecular formula is C22H26ClN4O2+. The first-order valence-electron chi connectivity index (χ1n) is 9.90. The SMILES string of the molecule is CC(C(N)=O)[N+]1(CC(c2cccnc2)N2CCOCC2)C=Cc2c(Cl)cccc21. The summed E-state index contributed by atoms with van der Waals surface area (Å²) in [5, 5.41) is 0.680. The summed E-state index contributed by atoms with van der Waals surface area (Å²) >= 11 is 6.47. The molecule has 29 heavy (non-hydrogen) atoms. The molecule has 2 N–H and O–H groups in total. The molecule has 2 aromatic rings. The van der Waals surface area contributed by atoms with Crippen molar-refractivity contribution in [3.05, 3.63) is 65.1 Å². The second-order valence-corrected chi connectivity index (χ2v) is 8.04. The van der Waals surface area contributed by atoms with Gasteiger partial charge in [-0.3, -0.25) is 19.2 Å². The number of benzene rings is 1. The molecule has 1 fully saturated rings. The normalized spacial score (nSPS) is 23.5. The second-order valence-electron chi connectivity index (χ2n) is 7.63. The Morgan fingerprint density at radius 2 is 2.10 bits per heavy atom. The average Bonchev–Trinajstić information content (AvgIpc) is 3.13. The minimum atomic E-state index is -0.439. The number of carbonyl (C=O) groups is 1. The maximum atomic E-state index is 12.4. The van der Waals surface area contributed by atoms with Gasteiger partial charge >= 0.3 is 0 Å². The van der Waals surface area contributed by atoms with Crippen LogP contribution in [0.25, 0.3) is 6.08 Å². The zero-order valence-electron chi connectivity index (χ0n) is 16.5. The van der Waals surface area contributed by atoms with E-state index in [9.17, 15) is 4.79 Å². The van der Waals surface area contributed by atoms with Crippen molar-refractivity contribution in [2.24, 2.45) is 5.73 Å². The minimum absolute atomic E-state index is 0.0592. The molecule has 1 aromatic carbocycles. The Bertz CT molecular complexity index is 914. The first-order chi connectivity index (χ1) is 14.0. The molecule has 3 heterocycles. The highest BCUT2D eigenvalue weighted by Crippen LogP contribution is 2.43. The molecule has 1 aromatic heterocycles. The smallest absolute Gasteiger partial charge is 0.276 e. The van der Waals surface area contributed by atoms with Crippen LogP contribution in [0.1, 0.15) is 24.1 Å². The van der Waals surface area contributed by atoms with Crippen LogP contribution in [0.3, 0.4) is 0 Å². The first kappa shape index (κ1) is 20.0. The van der Waals surface area contributed by atoms with Crippen molar-refractivity contribution < 1.29 is 9.53 Å². The van der Waals surface area contributed by atoms with Crippen LogP contribution in [0, 0.1) is 0 Å². The van der Waals surface area contributed by atoms with Crippen molar-refractivity contribution in [1.82, 2.24) is 14.4 Å². The Hall–Kier alpha value is -2.25. The number of quaternary nitrogens is 1. The van der Waals surface area contributed by atoms with Crippen molar-refractivity contribution in [2.45, 2.75) is 19.0 Å². The van der Waals surface area contributed by atoms with E-state index in [4.69, 9.17) is 22.1 Å². The van der Waals surface area contributed by atoms with Crippen LogP contribution in [0.2, 0.25) is 5.02 Å². The number of ether oxygens (including phenoxy) is 1. The van der Waals surface area contributed by atoms with Crippen molar-refractivity contribution >= 4 is 29.3 Å². The number of morpholine rings is 1. The lowest BCUT2D eigenvalue weighted by Gasteiger charge is -2.43. The van der Waals surface area contributed by atoms with Gasteiger partial charge in [0.25, 0.3) is 5.91 Å². The third kappa shape index (κ3) is 3.69. The van der Waals surface area contributed by atoms with Crippen LogP contribution in [0.15, 0.2) is 48.9 Å². The number of fused-ring (bicyclic) bond motifs is 1. The van der Waals surface area contributed by atoms with Crippen LogP contribution in [-0.4, -0.2) is 54.7 Å². The minimum Gasteiger partial charge on any atom is -0.379 e. The molecule has 0 radical (unpaired) electrons. The molecule has 2 aliphatic rings. The van der Waals surface area contributed by atoms with E-state index in [2.05, 4.69) is 22.2 Å². The lowest BCUT2D eigenvalue weighted by atomic mass is 10.0. The number of amides is 1. The number of nitrogens with two attached hydrogens (primary N) is 1. The van der Waals surface area contributed by atoms with Gasteiger partial charge in [0, 0.05) is 37.6 Å². The number of carbonyl (C=O) groups excluding carboxylic acids is 1. The molecule has 0 saturated carbocycles. The monoisotopic (exact) mass is 413 g/mol. The summed E-state index contributed by atoms with van der Waals surface area (Å²) in [6.07, 6.45) is 7.76. The first-order valence-corrected chi connectivity index (χ1v) is 10.3. The number of pyridine rings is 1. The lowest BCUT2D eigenvalue weighted by molar-refractivity contribution is -0.121. The molecule has 0 spiro atoms. The van der Waals surface area contributed by atoms with Crippen molar-refractivity contribution in [3.63, 3.8) is 0 Å². The fourth-order valence-electron chi connectivity index (χ4n) is 4.40. The van der Waals surface area contributed by atoms with Gasteiger partial charge < -0.3 is 10.5 Å². The van der Waals surface area contributed by atoms with E-state index in [1.165, 1.54) is 0 Å². The molecule has 0 bridgehead atoms. The van der Waals surface area contributed by atoms with Gasteiger partial charge in [-0.2, -0.15) is 0 Å². The van der Waals surface area contributed by atoms with Gasteiger partial charge in [0.15, 0.2) is 6.04 Å². The summed E-state index contributed by atoms with van der Waals surface area (Å²) in [5.41, 5.74) is 8.90. The van der Waals surface area contributed by atoms with Gasteiger partial charge in [-0.25, -0.2) is 0 Å². The van der Waals surface area contributed by atoms with Gasteiger partial charge in [0.1, 0.15) is 18.4 Å². The maximum Gasteiger partial charge on any atom is 0.276 e. The molecular weight excluding hydrogens is 388 g/mol. The third-order valence-electron chi connectivity index (χ3n) is 6.12. The van der Waals surface area contributed by atoms with E-state index >= 15 is 0 Å². The van der Waals surface area contributed by atoms with E-state index in [0.29, 0.717) is 29.3 Å². The standard InChI is InChI=1S/C22H25ClN4O2/c1-16(22(24)28)27(11-7-18-19(23)5-2-6-21(18)27)15-20(17-4-3-8-25-14-17)26-9-12-29-13-10-26/h2-8,11,14,16,20H,9-10,12-13,15H2,1H3,(H-,24,28)/p+1. The molecule has 4 rings (SSSR count). The Kier molecular flexibility index (Phi) is 5.69. The number of hydrogen-bond acceptors (Lipinski definition) is 4. The number of rotatable bonds is 6. The molecule has 1 amide bonds. The number of halogens is 1. The molecule has 6 nitrogen and oxygen atoms in total. The fraction of sp³-hybridized carbons (Fsp3) is 0.364. The summed E-state index contributed by atoms with van der Waals surface area (Å²) in [7, 11) is 0. The Balaban J connectivity index is 1.80. The Morgan fingerprint density at radius 1 is 1.31 bits per heavy atom. The number of primary amides is 1. The number of nitrogens with zero attached hydrogens (tertiary/aromatic N) is 3. The lowest BCUT2D eigenvalue weighted by Crippen LogP contribution is -2.59. The van der Waals surface area contributed by atoms with Crippen LogP contribution in [0.4, 0.5) is 5.69 Å². The summed E-state index contributed by atoms with van der Waals surface area (Å²) in [6.45, 7) is 5.59. The Morgan fingerprint density at radius 3 is 2.79 bits per heavy atom. The maximum absolute atomic E-state index is 12.4. The predicted octanol–water partition coefficient (Wildman–Crippen LogP) is 2.97. The van der Waals surface area contributed by atoms with E-state index in [1.54, 1.807) is 6.20 Å². The van der Waals surface area contributed by atoms with Crippen LogP contribution in [0.5, 0.6) is 0 Å². The predicted molar refractivity (Wildman–Crippen MR) is 115 cm³/mol. The largest absolute Gasteiger partial charge is 0.379 e. The molecule has 1 saturated heterocycles. The van der Waals surface area contributed by atoms with Gasteiger partial charge in [-0.05, 0) is 24.6 Å². The van der Waals surface area contributed by atoms with Crippen molar-refractivity contribution in [2.75, 3.05) is 32.8 Å². The van der Waals surface area contributed by atoms with E-state index in [0.717, 1.165) is 29.9 Å². The molecule has 7 heteroatoms. The van der Waals surface area contributed by atoms with Crippen molar-refractivity contribution in [3.8, 4) is 0 Å². The van der Waals surface area contributed by atoms with Gasteiger partial charge in [-0.1, -0.05) is 23.7 Å². The van der Waals surface area contributed by atoms with Gasteiger partial charge in [-0.15, -0.1) is 0 Å². The number of aromatic nitrogens is 1. The zero-order valence-corrected chi connectivity index (χ0v) is 17.3. The zero-order chi connectivity index (χ0) is 20.4. The Labute approximate surface area is 176 Å². The molecule has 3 unspecified atom stereocenters. The van der Waals surface area contributed by atoms with E-state index in [-0.39, 0.29) is 11.9 Å². The van der Waals surface area contributed by atoms with Crippen molar-refractivity contribution in [1.29, 1.82) is 0 Å². The van der Waals surface area contributed by atoms with Gasteiger partial charge in [0.05, 0.1) is 29.8 Å². The summed E-state index contributed by atoms with van der Waals surface area (Å²) in [5.74, 6) is -0.339. The third-order valence-corrected chi connectivity index (χ3v) is 6.45. The second kappa shape index (κ2) is 8.24. The molecule has 2 aliphatic heterocycles. The highest BCUT2D eigenvalue weighted by Gasteiger charge is 2.46. The number of hydrogen-bond donors (Lipinski definition) is 1. The quantitative estimate of drug-likeness (QED) is 0.739. The summed E-state index contributed by atoms with van der Waals surface area (Å²) in [4.78, 5) is 19.1. The summed E-state index contributed by atoms with van der Waals surface area (Å²) in [6, 6.07) is 9.52. The highest BCUT2D eigenvalue weighted by atomic mass is 35.5. The topological polar surface area (TPSA) is 68.5 Å². The van der Waals surface area contributed by atoms with E-state index < -0.39 is 6.04 Å².